The molecular formula is C17H15BrN2O3. The van der Waals surface area contributed by atoms with Gasteiger partial charge >= 0.3 is 5.97 Å². The Kier molecular flexibility index (Phi) is 6.05. The molecule has 0 aliphatic heterocycles. The quantitative estimate of drug-likeness (QED) is 0.497. The van der Waals surface area contributed by atoms with Gasteiger partial charge in [0, 0.05) is 4.47 Å². The first-order valence-corrected chi connectivity index (χ1v) is 7.62. The van der Waals surface area contributed by atoms with Crippen LogP contribution in [-0.4, -0.2) is 25.2 Å². The molecule has 0 aliphatic rings. The van der Waals surface area contributed by atoms with E-state index in [9.17, 15) is 9.59 Å². The number of carbonyl (C=O) groups is 2. The van der Waals surface area contributed by atoms with Gasteiger partial charge in [0.1, 0.15) is 0 Å². The SMILES string of the molecule is COC(=O)c1ccc(C=NNC(=O)Cc2ccc(Br)cc2)cc1. The van der Waals surface area contributed by atoms with Gasteiger partial charge in [-0.1, -0.05) is 40.2 Å². The van der Waals surface area contributed by atoms with Crippen molar-refractivity contribution < 1.29 is 14.3 Å². The highest BCUT2D eigenvalue weighted by Crippen LogP contribution is 2.10. The fourth-order valence-electron chi connectivity index (χ4n) is 1.83. The van der Waals surface area contributed by atoms with Crippen LogP contribution in [-0.2, 0) is 16.0 Å². The Bertz CT molecular complexity index is 710. The lowest BCUT2D eigenvalue weighted by Gasteiger charge is -2.01. The van der Waals surface area contributed by atoms with Crippen LogP contribution in [0.4, 0.5) is 0 Å². The molecule has 0 fully saturated rings. The minimum Gasteiger partial charge on any atom is -0.465 e. The van der Waals surface area contributed by atoms with Gasteiger partial charge in [0.05, 0.1) is 25.3 Å². The fourth-order valence-corrected chi connectivity index (χ4v) is 2.09. The summed E-state index contributed by atoms with van der Waals surface area (Å²) in [6.45, 7) is 0. The van der Waals surface area contributed by atoms with Gasteiger partial charge in [0.25, 0.3) is 0 Å². The van der Waals surface area contributed by atoms with Gasteiger partial charge in [-0.2, -0.15) is 5.10 Å². The number of rotatable bonds is 5. The second-order valence-corrected chi connectivity index (χ2v) is 5.63. The van der Waals surface area contributed by atoms with E-state index in [4.69, 9.17) is 0 Å². The van der Waals surface area contributed by atoms with E-state index >= 15 is 0 Å². The summed E-state index contributed by atoms with van der Waals surface area (Å²) >= 11 is 3.34. The molecule has 1 amide bonds. The van der Waals surface area contributed by atoms with Crippen LogP contribution < -0.4 is 5.43 Å². The molecule has 0 saturated heterocycles. The number of hydrogen-bond acceptors (Lipinski definition) is 4. The van der Waals surface area contributed by atoms with Crippen molar-refractivity contribution in [2.45, 2.75) is 6.42 Å². The molecule has 0 unspecified atom stereocenters. The second-order valence-electron chi connectivity index (χ2n) is 4.71. The number of nitrogens with zero attached hydrogens (tertiary/aromatic N) is 1. The van der Waals surface area contributed by atoms with Gasteiger partial charge in [-0.25, -0.2) is 10.2 Å². The van der Waals surface area contributed by atoms with Crippen LogP contribution in [0, 0.1) is 0 Å². The number of nitrogens with one attached hydrogen (secondary N) is 1. The Hall–Kier alpha value is -2.47. The summed E-state index contributed by atoms with van der Waals surface area (Å²) in [6.07, 6.45) is 1.77. The standard InChI is InChI=1S/C17H15BrN2O3/c1-23-17(22)14-6-2-13(3-7-14)11-19-20-16(21)10-12-4-8-15(18)9-5-12/h2-9,11H,10H2,1H3,(H,20,21). The number of hydrazone groups is 1. The van der Waals surface area contributed by atoms with E-state index in [1.165, 1.54) is 13.3 Å². The molecular weight excluding hydrogens is 360 g/mol. The first kappa shape index (κ1) is 16.9. The Balaban J connectivity index is 1.87. The highest BCUT2D eigenvalue weighted by atomic mass is 79.9. The third-order valence-corrected chi connectivity index (χ3v) is 3.54. The molecule has 0 radical (unpaired) electrons. The Labute approximate surface area is 142 Å². The van der Waals surface area contributed by atoms with Crippen LogP contribution >= 0.6 is 15.9 Å². The first-order chi connectivity index (χ1) is 11.1. The lowest BCUT2D eigenvalue weighted by atomic mass is 10.1. The van der Waals surface area contributed by atoms with Crippen molar-refractivity contribution in [3.05, 3.63) is 69.7 Å². The highest BCUT2D eigenvalue weighted by molar-refractivity contribution is 9.10. The average Bonchev–Trinajstić information content (AvgIpc) is 2.57. The molecule has 0 bridgehead atoms. The number of benzene rings is 2. The zero-order valence-electron chi connectivity index (χ0n) is 12.5. The Morgan fingerprint density at radius 1 is 1.13 bits per heavy atom. The maximum absolute atomic E-state index is 11.8. The van der Waals surface area contributed by atoms with Crippen molar-refractivity contribution >= 4 is 34.0 Å². The minimum absolute atomic E-state index is 0.199. The van der Waals surface area contributed by atoms with Gasteiger partial charge in [-0.05, 0) is 35.4 Å². The van der Waals surface area contributed by atoms with E-state index in [1.54, 1.807) is 24.3 Å². The topological polar surface area (TPSA) is 67.8 Å². The Morgan fingerprint density at radius 2 is 1.78 bits per heavy atom. The number of halogens is 1. The minimum atomic E-state index is -0.392. The molecule has 2 aromatic rings. The number of methoxy groups -OCH3 is 1. The zero-order valence-corrected chi connectivity index (χ0v) is 14.0. The summed E-state index contributed by atoms with van der Waals surface area (Å²) in [6, 6.07) is 14.2. The summed E-state index contributed by atoms with van der Waals surface area (Å²) < 4.78 is 5.59. The van der Waals surface area contributed by atoms with E-state index in [1.807, 2.05) is 24.3 Å². The molecule has 2 rings (SSSR count). The van der Waals surface area contributed by atoms with E-state index in [0.717, 1.165) is 15.6 Å². The molecule has 0 spiro atoms. The molecule has 0 saturated carbocycles. The third kappa shape index (κ3) is 5.34. The monoisotopic (exact) mass is 374 g/mol. The van der Waals surface area contributed by atoms with Crippen LogP contribution in [0.3, 0.4) is 0 Å². The molecule has 0 aromatic heterocycles. The van der Waals surface area contributed by atoms with Crippen molar-refractivity contribution in [1.29, 1.82) is 0 Å². The maximum atomic E-state index is 11.8. The van der Waals surface area contributed by atoms with Gasteiger partial charge in [-0.3, -0.25) is 4.79 Å². The molecule has 118 valence electrons. The fraction of sp³-hybridized carbons (Fsp3) is 0.118. The molecule has 0 heterocycles. The van der Waals surface area contributed by atoms with E-state index in [0.29, 0.717) is 5.56 Å². The number of esters is 1. The van der Waals surface area contributed by atoms with Crippen LogP contribution in [0.15, 0.2) is 58.1 Å². The zero-order chi connectivity index (χ0) is 16.7. The lowest BCUT2D eigenvalue weighted by molar-refractivity contribution is -0.120. The Morgan fingerprint density at radius 3 is 2.39 bits per heavy atom. The molecule has 6 heteroatoms. The first-order valence-electron chi connectivity index (χ1n) is 6.83. The predicted octanol–water partition coefficient (Wildman–Crippen LogP) is 2.93. The van der Waals surface area contributed by atoms with Crippen molar-refractivity contribution in [3.63, 3.8) is 0 Å². The van der Waals surface area contributed by atoms with Crippen molar-refractivity contribution in [2.24, 2.45) is 5.10 Å². The lowest BCUT2D eigenvalue weighted by Crippen LogP contribution is -2.19. The van der Waals surface area contributed by atoms with Gasteiger partial charge in [0.2, 0.25) is 5.91 Å². The molecule has 0 atom stereocenters. The van der Waals surface area contributed by atoms with Crippen LogP contribution in [0.25, 0.3) is 0 Å². The molecule has 0 aliphatic carbocycles. The highest BCUT2D eigenvalue weighted by Gasteiger charge is 2.04. The second kappa shape index (κ2) is 8.24. The third-order valence-electron chi connectivity index (χ3n) is 3.01. The number of hydrogen-bond donors (Lipinski definition) is 1. The number of amides is 1. The summed E-state index contributed by atoms with van der Waals surface area (Å²) in [4.78, 5) is 23.1. The van der Waals surface area contributed by atoms with E-state index in [2.05, 4.69) is 31.2 Å². The van der Waals surface area contributed by atoms with Gasteiger partial charge in [-0.15, -0.1) is 0 Å². The van der Waals surface area contributed by atoms with Crippen molar-refractivity contribution in [2.75, 3.05) is 7.11 Å². The smallest absolute Gasteiger partial charge is 0.337 e. The molecule has 23 heavy (non-hydrogen) atoms. The van der Waals surface area contributed by atoms with E-state index in [-0.39, 0.29) is 12.3 Å². The molecule has 5 nitrogen and oxygen atoms in total. The van der Waals surface area contributed by atoms with Gasteiger partial charge < -0.3 is 4.74 Å². The largest absolute Gasteiger partial charge is 0.465 e. The summed E-state index contributed by atoms with van der Waals surface area (Å²) in [5.41, 5.74) is 4.60. The van der Waals surface area contributed by atoms with E-state index < -0.39 is 5.97 Å². The predicted molar refractivity (Wildman–Crippen MR) is 91.4 cm³/mol. The van der Waals surface area contributed by atoms with Gasteiger partial charge in [0.15, 0.2) is 0 Å². The summed E-state index contributed by atoms with van der Waals surface area (Å²) in [5.74, 6) is -0.592. The van der Waals surface area contributed by atoms with Crippen LogP contribution in [0.1, 0.15) is 21.5 Å². The molecule has 1 N–H and O–H groups in total. The van der Waals surface area contributed by atoms with Crippen LogP contribution in [0.5, 0.6) is 0 Å². The molecule has 2 aromatic carbocycles. The van der Waals surface area contributed by atoms with Crippen LogP contribution in [0.2, 0.25) is 0 Å². The van der Waals surface area contributed by atoms with Crippen molar-refractivity contribution in [3.8, 4) is 0 Å². The number of ether oxygens (including phenoxy) is 1. The normalized spacial score (nSPS) is 10.5. The maximum Gasteiger partial charge on any atom is 0.337 e. The summed E-state index contributed by atoms with van der Waals surface area (Å²) in [5, 5.41) is 3.90. The van der Waals surface area contributed by atoms with Crippen molar-refractivity contribution in [1.82, 2.24) is 5.43 Å². The number of carbonyl (C=O) groups excluding carboxylic acids is 2. The average molecular weight is 375 g/mol. The summed E-state index contributed by atoms with van der Waals surface area (Å²) in [7, 11) is 1.33.